The topological polar surface area (TPSA) is 6.48 Å². The molecule has 0 amide bonds. The molecule has 0 aromatic heterocycles. The van der Waals surface area contributed by atoms with Crippen LogP contribution >= 0.6 is 0 Å². The molecule has 3 heteroatoms. The van der Waals surface area contributed by atoms with Gasteiger partial charge in [0.1, 0.15) is 5.83 Å². The van der Waals surface area contributed by atoms with Crippen LogP contribution in [0.1, 0.15) is 0 Å². The number of allylic oxidation sites excluding steroid dienone is 3. The Bertz CT molecular complexity index is 231. The Morgan fingerprint density at radius 1 is 1.29 bits per heavy atom. The Labute approximate surface area is 86.0 Å². The number of hydrogen-bond acceptors (Lipinski definition) is 2. The zero-order valence-corrected chi connectivity index (χ0v) is 9.26. The van der Waals surface area contributed by atoms with Gasteiger partial charge in [-0.25, -0.2) is 4.39 Å². The third-order valence-electron chi connectivity index (χ3n) is 1.88. The minimum Gasteiger partial charge on any atom is -0.371 e. The van der Waals surface area contributed by atoms with Crippen LogP contribution < -0.4 is 0 Å². The summed E-state index contributed by atoms with van der Waals surface area (Å²) < 4.78 is 13.2. The third kappa shape index (κ3) is 4.82. The zero-order chi connectivity index (χ0) is 11.1. The minimum absolute atomic E-state index is 0.332. The molecule has 0 aromatic carbocycles. The molecule has 14 heavy (non-hydrogen) atoms. The molecule has 0 heterocycles. The van der Waals surface area contributed by atoms with E-state index in [0.29, 0.717) is 5.70 Å². The van der Waals surface area contributed by atoms with Gasteiger partial charge in [0, 0.05) is 20.1 Å². The van der Waals surface area contributed by atoms with Crippen LogP contribution in [0.2, 0.25) is 0 Å². The first-order valence-electron chi connectivity index (χ1n) is 4.52. The Morgan fingerprint density at radius 2 is 1.86 bits per heavy atom. The second-order valence-electron chi connectivity index (χ2n) is 3.42. The summed E-state index contributed by atoms with van der Waals surface area (Å²) in [6.07, 6.45) is 2.73. The van der Waals surface area contributed by atoms with Crippen LogP contribution in [0, 0.1) is 0 Å². The van der Waals surface area contributed by atoms with Crippen LogP contribution in [0.15, 0.2) is 36.8 Å². The summed E-state index contributed by atoms with van der Waals surface area (Å²) in [5.41, 5.74) is 0.395. The van der Waals surface area contributed by atoms with Gasteiger partial charge in [-0.3, -0.25) is 0 Å². The fourth-order valence-corrected chi connectivity index (χ4v) is 0.867. The van der Waals surface area contributed by atoms with E-state index < -0.39 is 0 Å². The van der Waals surface area contributed by atoms with Crippen molar-refractivity contribution in [3.63, 3.8) is 0 Å². The van der Waals surface area contributed by atoms with E-state index in [2.05, 4.69) is 13.2 Å². The molecule has 0 aromatic rings. The number of hydrogen-bond donors (Lipinski definition) is 0. The van der Waals surface area contributed by atoms with E-state index >= 15 is 0 Å². The molecule has 0 atom stereocenters. The Morgan fingerprint density at radius 3 is 2.29 bits per heavy atom. The summed E-state index contributed by atoms with van der Waals surface area (Å²) in [7, 11) is 5.78. The zero-order valence-electron chi connectivity index (χ0n) is 9.26. The lowest BCUT2D eigenvalue weighted by Crippen LogP contribution is -2.28. The third-order valence-corrected chi connectivity index (χ3v) is 1.88. The standard InChI is InChI=1S/C11H19FN2/c1-6-7-11(12)10(2)14(5)9-8-13(3)4/h6-7H,1-2,8-9H2,3-5H3/b11-7+. The molecule has 0 fully saturated rings. The fraction of sp³-hybridized carbons (Fsp3) is 0.455. The van der Waals surface area contributed by atoms with E-state index in [9.17, 15) is 4.39 Å². The van der Waals surface area contributed by atoms with Crippen molar-refractivity contribution >= 4 is 0 Å². The van der Waals surface area contributed by atoms with Crippen molar-refractivity contribution < 1.29 is 4.39 Å². The quantitative estimate of drug-likeness (QED) is 0.603. The Hall–Kier alpha value is -1.09. The lowest BCUT2D eigenvalue weighted by molar-refractivity contribution is 0.322. The second kappa shape index (κ2) is 6.38. The number of nitrogens with zero attached hydrogens (tertiary/aromatic N) is 2. The molecular formula is C11H19FN2. The molecule has 0 aliphatic rings. The van der Waals surface area contributed by atoms with Gasteiger partial charge in [-0.2, -0.15) is 0 Å². The lowest BCUT2D eigenvalue weighted by Gasteiger charge is -2.22. The summed E-state index contributed by atoms with van der Waals surface area (Å²) in [6, 6.07) is 0. The maximum Gasteiger partial charge on any atom is 0.145 e. The van der Waals surface area contributed by atoms with Crippen molar-refractivity contribution in [2.45, 2.75) is 0 Å². The van der Waals surface area contributed by atoms with E-state index in [1.165, 1.54) is 12.2 Å². The monoisotopic (exact) mass is 198 g/mol. The van der Waals surface area contributed by atoms with Gasteiger partial charge in [0.2, 0.25) is 0 Å². The van der Waals surface area contributed by atoms with Crippen LogP contribution in [0.4, 0.5) is 4.39 Å². The number of rotatable bonds is 6. The van der Waals surface area contributed by atoms with Gasteiger partial charge < -0.3 is 9.80 Å². The molecular weight excluding hydrogens is 179 g/mol. The fourth-order valence-electron chi connectivity index (χ4n) is 0.867. The molecule has 0 N–H and O–H groups in total. The minimum atomic E-state index is -0.332. The van der Waals surface area contributed by atoms with Crippen LogP contribution in [-0.4, -0.2) is 44.0 Å². The van der Waals surface area contributed by atoms with E-state index in [1.54, 1.807) is 4.90 Å². The molecule has 0 aliphatic heterocycles. The molecule has 0 rings (SSSR count). The average Bonchev–Trinajstić information content (AvgIpc) is 2.13. The van der Waals surface area contributed by atoms with Gasteiger partial charge in [-0.05, 0) is 20.2 Å². The van der Waals surface area contributed by atoms with E-state index in [1.807, 2.05) is 26.0 Å². The highest BCUT2D eigenvalue weighted by Gasteiger charge is 2.06. The molecule has 2 nitrogen and oxygen atoms in total. The molecule has 0 radical (unpaired) electrons. The van der Waals surface area contributed by atoms with Crippen molar-refractivity contribution in [2.75, 3.05) is 34.2 Å². The van der Waals surface area contributed by atoms with Gasteiger partial charge in [0.05, 0.1) is 5.70 Å². The Balaban J connectivity index is 4.12. The molecule has 0 aliphatic carbocycles. The lowest BCUT2D eigenvalue weighted by atomic mass is 10.3. The second-order valence-corrected chi connectivity index (χ2v) is 3.42. The van der Waals surface area contributed by atoms with E-state index in [4.69, 9.17) is 0 Å². The predicted octanol–water partition coefficient (Wildman–Crippen LogP) is 2.03. The van der Waals surface area contributed by atoms with Crippen molar-refractivity contribution in [3.05, 3.63) is 36.8 Å². The van der Waals surface area contributed by atoms with Gasteiger partial charge >= 0.3 is 0 Å². The average molecular weight is 198 g/mol. The SMILES string of the molecule is C=C/C=C(/F)C(=C)N(C)CCN(C)C. The maximum atomic E-state index is 13.2. The van der Waals surface area contributed by atoms with E-state index in [-0.39, 0.29) is 5.83 Å². The van der Waals surface area contributed by atoms with Crippen molar-refractivity contribution in [1.29, 1.82) is 0 Å². The van der Waals surface area contributed by atoms with E-state index in [0.717, 1.165) is 13.1 Å². The maximum absolute atomic E-state index is 13.2. The van der Waals surface area contributed by atoms with Crippen molar-refractivity contribution in [3.8, 4) is 0 Å². The molecule has 0 unspecified atom stereocenters. The highest BCUT2D eigenvalue weighted by atomic mass is 19.1. The number of halogens is 1. The van der Waals surface area contributed by atoms with Crippen LogP contribution in [0.3, 0.4) is 0 Å². The first kappa shape index (κ1) is 12.9. The van der Waals surface area contributed by atoms with Gasteiger partial charge in [0.25, 0.3) is 0 Å². The molecule has 0 saturated carbocycles. The highest BCUT2D eigenvalue weighted by Crippen LogP contribution is 2.12. The summed E-state index contributed by atoms with van der Waals surface area (Å²) in [6.45, 7) is 8.73. The molecule has 0 spiro atoms. The van der Waals surface area contributed by atoms with Gasteiger partial charge in [0.15, 0.2) is 0 Å². The molecule has 0 saturated heterocycles. The van der Waals surface area contributed by atoms with Crippen molar-refractivity contribution in [1.82, 2.24) is 9.80 Å². The summed E-state index contributed by atoms with van der Waals surface area (Å²) >= 11 is 0. The Kier molecular flexibility index (Phi) is 5.88. The number of likely N-dealkylation sites (N-methyl/N-ethyl adjacent to an activating group) is 2. The predicted molar refractivity (Wildman–Crippen MR) is 59.7 cm³/mol. The summed E-state index contributed by atoms with van der Waals surface area (Å²) in [5.74, 6) is -0.332. The largest absolute Gasteiger partial charge is 0.371 e. The first-order valence-corrected chi connectivity index (χ1v) is 4.52. The first-order chi connectivity index (χ1) is 6.49. The van der Waals surface area contributed by atoms with Crippen LogP contribution in [0.5, 0.6) is 0 Å². The smallest absolute Gasteiger partial charge is 0.145 e. The molecule has 80 valence electrons. The summed E-state index contributed by atoms with van der Waals surface area (Å²) in [4.78, 5) is 3.83. The van der Waals surface area contributed by atoms with Crippen LogP contribution in [-0.2, 0) is 0 Å². The van der Waals surface area contributed by atoms with Crippen LogP contribution in [0.25, 0.3) is 0 Å². The summed E-state index contributed by atoms with van der Waals surface area (Å²) in [5, 5.41) is 0. The normalized spacial score (nSPS) is 11.6. The van der Waals surface area contributed by atoms with Gasteiger partial charge in [-0.1, -0.05) is 19.2 Å². The highest BCUT2D eigenvalue weighted by molar-refractivity contribution is 5.23. The molecule has 0 bridgehead atoms. The van der Waals surface area contributed by atoms with Gasteiger partial charge in [-0.15, -0.1) is 0 Å². The van der Waals surface area contributed by atoms with Crippen molar-refractivity contribution in [2.24, 2.45) is 0 Å².